The number of carbonyl (C=O) groups is 1. The van der Waals surface area contributed by atoms with Crippen LogP contribution in [0.15, 0.2) is 18.2 Å². The number of halogens is 1. The van der Waals surface area contributed by atoms with E-state index in [0.29, 0.717) is 24.9 Å². The molecule has 2 saturated heterocycles. The van der Waals surface area contributed by atoms with Crippen molar-refractivity contribution in [2.45, 2.75) is 32.0 Å². The van der Waals surface area contributed by atoms with Gasteiger partial charge in [0, 0.05) is 45.2 Å². The quantitative estimate of drug-likeness (QED) is 0.900. The smallest absolute Gasteiger partial charge is 0.222 e. The van der Waals surface area contributed by atoms with Gasteiger partial charge in [-0.15, -0.1) is 0 Å². The molecule has 1 aromatic carbocycles. The minimum absolute atomic E-state index is 0.236. The lowest BCUT2D eigenvalue weighted by atomic mass is 10.1. The average Bonchev–Trinajstić information content (AvgIpc) is 2.82. The first-order valence-corrected chi connectivity index (χ1v) is 7.16. The van der Waals surface area contributed by atoms with Crippen LogP contribution in [0, 0.1) is 5.82 Å². The van der Waals surface area contributed by atoms with E-state index in [-0.39, 0.29) is 5.82 Å². The molecule has 108 valence electrons. The topological polar surface area (TPSA) is 49.6 Å². The van der Waals surface area contributed by atoms with Gasteiger partial charge < -0.3 is 10.6 Å². The third-order valence-electron chi connectivity index (χ3n) is 4.36. The number of hydrogen-bond acceptors (Lipinski definition) is 3. The van der Waals surface area contributed by atoms with Crippen LogP contribution < -0.4 is 5.73 Å². The molecular formula is C15H20FN3O. The molecule has 1 unspecified atom stereocenters. The van der Waals surface area contributed by atoms with Crippen molar-refractivity contribution < 1.29 is 9.18 Å². The van der Waals surface area contributed by atoms with Crippen LogP contribution in [0.5, 0.6) is 0 Å². The summed E-state index contributed by atoms with van der Waals surface area (Å²) in [6.07, 6.45) is 1.64. The van der Waals surface area contributed by atoms with E-state index in [1.165, 1.54) is 12.1 Å². The predicted molar refractivity (Wildman–Crippen MR) is 74.3 cm³/mol. The Kier molecular flexibility index (Phi) is 3.72. The van der Waals surface area contributed by atoms with Crippen molar-refractivity contribution in [2.75, 3.05) is 19.6 Å². The van der Waals surface area contributed by atoms with Crippen molar-refractivity contribution in [1.82, 2.24) is 9.80 Å². The molecule has 2 aliphatic heterocycles. The molecule has 2 heterocycles. The fraction of sp³-hybridized carbons (Fsp3) is 0.533. The summed E-state index contributed by atoms with van der Waals surface area (Å²) in [7, 11) is 0. The van der Waals surface area contributed by atoms with Gasteiger partial charge in [0.1, 0.15) is 5.82 Å². The van der Waals surface area contributed by atoms with E-state index in [1.54, 1.807) is 0 Å². The molecule has 0 radical (unpaired) electrons. The second-order valence-corrected chi connectivity index (χ2v) is 5.63. The van der Waals surface area contributed by atoms with Gasteiger partial charge in [0.05, 0.1) is 0 Å². The molecule has 2 N–H and O–H groups in total. The highest BCUT2D eigenvalue weighted by Crippen LogP contribution is 2.24. The molecule has 3 rings (SSSR count). The highest BCUT2D eigenvalue weighted by molar-refractivity contribution is 5.78. The van der Waals surface area contributed by atoms with Crippen molar-refractivity contribution in [2.24, 2.45) is 5.73 Å². The monoisotopic (exact) mass is 277 g/mol. The maximum absolute atomic E-state index is 13.2. The van der Waals surface area contributed by atoms with E-state index in [4.69, 9.17) is 5.73 Å². The Hall–Kier alpha value is -1.46. The molecule has 0 aromatic heterocycles. The minimum atomic E-state index is -0.236. The molecule has 5 heteroatoms. The van der Waals surface area contributed by atoms with Crippen LogP contribution in [-0.4, -0.2) is 41.4 Å². The van der Waals surface area contributed by atoms with Gasteiger partial charge in [-0.3, -0.25) is 9.69 Å². The van der Waals surface area contributed by atoms with Gasteiger partial charge in [-0.2, -0.15) is 0 Å². The number of nitrogens with zero attached hydrogens (tertiary/aromatic N) is 2. The number of rotatable bonds is 3. The Morgan fingerprint density at radius 1 is 1.30 bits per heavy atom. The van der Waals surface area contributed by atoms with Gasteiger partial charge in [0.25, 0.3) is 0 Å². The molecule has 2 fully saturated rings. The van der Waals surface area contributed by atoms with E-state index in [1.807, 2.05) is 11.0 Å². The van der Waals surface area contributed by atoms with Crippen LogP contribution in [0.2, 0.25) is 0 Å². The SMILES string of the molecule is NCc1cc(F)ccc1CN1CCN2C(=O)CCC2C1. The molecular weight excluding hydrogens is 257 g/mol. The van der Waals surface area contributed by atoms with Gasteiger partial charge in [0.15, 0.2) is 0 Å². The Morgan fingerprint density at radius 2 is 2.15 bits per heavy atom. The zero-order valence-corrected chi connectivity index (χ0v) is 11.5. The summed E-state index contributed by atoms with van der Waals surface area (Å²) in [4.78, 5) is 16.0. The molecule has 0 aliphatic carbocycles. The van der Waals surface area contributed by atoms with Crippen LogP contribution in [0.1, 0.15) is 24.0 Å². The normalized spacial score (nSPS) is 23.2. The molecule has 1 atom stereocenters. The van der Waals surface area contributed by atoms with E-state index >= 15 is 0 Å². The molecule has 1 amide bonds. The summed E-state index contributed by atoms with van der Waals surface area (Å²) >= 11 is 0. The van der Waals surface area contributed by atoms with Crippen LogP contribution >= 0.6 is 0 Å². The lowest BCUT2D eigenvalue weighted by Gasteiger charge is -2.37. The molecule has 4 nitrogen and oxygen atoms in total. The first-order valence-electron chi connectivity index (χ1n) is 7.16. The van der Waals surface area contributed by atoms with Gasteiger partial charge in [-0.05, 0) is 29.7 Å². The first-order chi connectivity index (χ1) is 9.67. The summed E-state index contributed by atoms with van der Waals surface area (Å²) in [5.41, 5.74) is 7.65. The van der Waals surface area contributed by atoms with Crippen LogP contribution in [0.25, 0.3) is 0 Å². The number of carbonyl (C=O) groups excluding carboxylic acids is 1. The van der Waals surface area contributed by atoms with Gasteiger partial charge in [0.2, 0.25) is 5.91 Å². The van der Waals surface area contributed by atoms with Gasteiger partial charge in [-0.1, -0.05) is 6.07 Å². The van der Waals surface area contributed by atoms with Crippen LogP contribution in [-0.2, 0) is 17.9 Å². The standard InChI is InChI=1S/C15H20FN3O/c16-13-2-1-11(12(7-13)8-17)9-18-5-6-19-14(10-18)3-4-15(19)20/h1-2,7,14H,3-6,8-10,17H2. The van der Waals surface area contributed by atoms with Crippen molar-refractivity contribution in [3.63, 3.8) is 0 Å². The summed E-state index contributed by atoms with van der Waals surface area (Å²) in [5, 5.41) is 0. The van der Waals surface area contributed by atoms with E-state index in [0.717, 1.165) is 43.7 Å². The third kappa shape index (κ3) is 2.55. The Balaban J connectivity index is 1.68. The maximum Gasteiger partial charge on any atom is 0.222 e. The van der Waals surface area contributed by atoms with E-state index < -0.39 is 0 Å². The fourth-order valence-electron chi connectivity index (χ4n) is 3.25. The van der Waals surface area contributed by atoms with Crippen molar-refractivity contribution in [3.05, 3.63) is 35.1 Å². The van der Waals surface area contributed by atoms with Gasteiger partial charge >= 0.3 is 0 Å². The molecule has 1 aromatic rings. The number of hydrogen-bond donors (Lipinski definition) is 1. The Morgan fingerprint density at radius 3 is 2.95 bits per heavy atom. The lowest BCUT2D eigenvalue weighted by molar-refractivity contribution is -0.130. The molecule has 0 bridgehead atoms. The third-order valence-corrected chi connectivity index (χ3v) is 4.36. The Labute approximate surface area is 118 Å². The second-order valence-electron chi connectivity index (χ2n) is 5.63. The van der Waals surface area contributed by atoms with E-state index in [2.05, 4.69) is 4.90 Å². The summed E-state index contributed by atoms with van der Waals surface area (Å²) in [5.74, 6) is 0.0551. The number of nitrogens with two attached hydrogens (primary N) is 1. The molecule has 2 aliphatic rings. The zero-order valence-electron chi connectivity index (χ0n) is 11.5. The Bertz CT molecular complexity index is 520. The zero-order chi connectivity index (χ0) is 14.1. The molecule has 20 heavy (non-hydrogen) atoms. The highest BCUT2D eigenvalue weighted by atomic mass is 19.1. The predicted octanol–water partition coefficient (Wildman–Crippen LogP) is 1.09. The largest absolute Gasteiger partial charge is 0.337 e. The molecule has 0 spiro atoms. The summed E-state index contributed by atoms with van der Waals surface area (Å²) in [6.45, 7) is 3.74. The van der Waals surface area contributed by atoms with Crippen LogP contribution in [0.4, 0.5) is 4.39 Å². The average molecular weight is 277 g/mol. The summed E-state index contributed by atoms with van der Waals surface area (Å²) < 4.78 is 13.2. The number of piperazine rings is 1. The first kappa shape index (κ1) is 13.5. The van der Waals surface area contributed by atoms with Crippen molar-refractivity contribution >= 4 is 5.91 Å². The number of benzene rings is 1. The number of fused-ring (bicyclic) bond motifs is 1. The summed E-state index contributed by atoms with van der Waals surface area (Å²) in [6, 6.07) is 5.19. The van der Waals surface area contributed by atoms with Crippen LogP contribution in [0.3, 0.4) is 0 Å². The lowest BCUT2D eigenvalue weighted by Crippen LogP contribution is -2.51. The van der Waals surface area contributed by atoms with Crippen molar-refractivity contribution in [3.8, 4) is 0 Å². The fourth-order valence-corrected chi connectivity index (χ4v) is 3.25. The van der Waals surface area contributed by atoms with E-state index in [9.17, 15) is 9.18 Å². The maximum atomic E-state index is 13.2. The second kappa shape index (κ2) is 5.50. The molecule has 0 saturated carbocycles. The number of amides is 1. The highest BCUT2D eigenvalue weighted by Gasteiger charge is 2.35. The van der Waals surface area contributed by atoms with Crippen molar-refractivity contribution in [1.29, 1.82) is 0 Å². The van der Waals surface area contributed by atoms with Gasteiger partial charge in [-0.25, -0.2) is 4.39 Å². The minimum Gasteiger partial charge on any atom is -0.337 e.